The monoisotopic (exact) mass is 224 g/mol. The zero-order chi connectivity index (χ0) is 11.5. The molecule has 1 heterocycles. The van der Waals surface area contributed by atoms with Gasteiger partial charge in [0.25, 0.3) is 0 Å². The van der Waals surface area contributed by atoms with Crippen molar-refractivity contribution in [3.05, 3.63) is 29.6 Å². The van der Waals surface area contributed by atoms with Crippen molar-refractivity contribution in [3.63, 3.8) is 0 Å². The second-order valence-electron chi connectivity index (χ2n) is 3.83. The molecule has 86 valence electrons. The summed E-state index contributed by atoms with van der Waals surface area (Å²) in [5, 5.41) is 15.1. The van der Waals surface area contributed by atoms with Gasteiger partial charge in [0.1, 0.15) is 5.82 Å². The molecule has 5 heteroatoms. The second kappa shape index (κ2) is 4.49. The van der Waals surface area contributed by atoms with Gasteiger partial charge in [0.05, 0.1) is 5.56 Å². The molecule has 1 atom stereocenters. The summed E-state index contributed by atoms with van der Waals surface area (Å²) in [6.07, 6.45) is 0.986. The topological polar surface area (TPSA) is 61.4 Å². The van der Waals surface area contributed by atoms with E-state index in [1.165, 1.54) is 12.1 Å². The molecular weight excluding hydrogens is 211 g/mol. The Labute approximate surface area is 92.5 Å². The Morgan fingerprint density at radius 3 is 3.00 bits per heavy atom. The molecule has 1 unspecified atom stereocenters. The lowest BCUT2D eigenvalue weighted by Crippen LogP contribution is -2.22. The van der Waals surface area contributed by atoms with E-state index in [0.717, 1.165) is 19.5 Å². The van der Waals surface area contributed by atoms with Gasteiger partial charge < -0.3 is 15.7 Å². The lowest BCUT2D eigenvalue weighted by atomic mass is 10.1. The van der Waals surface area contributed by atoms with Gasteiger partial charge in [-0.15, -0.1) is 0 Å². The van der Waals surface area contributed by atoms with Gasteiger partial charge in [0.2, 0.25) is 0 Å². The van der Waals surface area contributed by atoms with Crippen LogP contribution in [-0.2, 0) is 0 Å². The summed E-state index contributed by atoms with van der Waals surface area (Å²) in [6.45, 7) is 1.80. The fourth-order valence-electron chi connectivity index (χ4n) is 1.79. The molecule has 0 aliphatic carbocycles. The maximum absolute atomic E-state index is 13.1. The average molecular weight is 224 g/mol. The summed E-state index contributed by atoms with van der Waals surface area (Å²) >= 11 is 0. The number of carboxylic acids is 1. The van der Waals surface area contributed by atoms with Crippen LogP contribution in [0.2, 0.25) is 0 Å². The zero-order valence-corrected chi connectivity index (χ0v) is 8.66. The van der Waals surface area contributed by atoms with Crippen LogP contribution in [0.1, 0.15) is 16.8 Å². The minimum absolute atomic E-state index is 0.284. The van der Waals surface area contributed by atoms with Crippen molar-refractivity contribution in [1.29, 1.82) is 0 Å². The van der Waals surface area contributed by atoms with E-state index in [1.807, 2.05) is 0 Å². The zero-order valence-electron chi connectivity index (χ0n) is 8.66. The third-order valence-electron chi connectivity index (χ3n) is 2.63. The fourth-order valence-corrected chi connectivity index (χ4v) is 1.79. The molecule has 0 amide bonds. The number of aromatic carboxylic acids is 1. The number of carboxylic acid groups (broad SMARTS) is 1. The summed E-state index contributed by atoms with van der Waals surface area (Å²) in [4.78, 5) is 10.7. The van der Waals surface area contributed by atoms with E-state index in [9.17, 15) is 9.18 Å². The lowest BCUT2D eigenvalue weighted by Gasteiger charge is -2.13. The average Bonchev–Trinajstić information content (AvgIpc) is 2.73. The summed E-state index contributed by atoms with van der Waals surface area (Å²) in [5.74, 6) is -1.95. The molecule has 1 fully saturated rings. The van der Waals surface area contributed by atoms with Gasteiger partial charge in [0, 0.05) is 18.3 Å². The van der Waals surface area contributed by atoms with E-state index >= 15 is 0 Å². The molecule has 2 rings (SSSR count). The van der Waals surface area contributed by atoms with Crippen molar-refractivity contribution in [2.45, 2.75) is 12.5 Å². The summed E-state index contributed by atoms with van der Waals surface area (Å²) < 4.78 is 13.1. The van der Waals surface area contributed by atoms with Gasteiger partial charge in [-0.25, -0.2) is 9.18 Å². The predicted octanol–water partition coefficient (Wildman–Crippen LogP) is 1.30. The summed E-state index contributed by atoms with van der Waals surface area (Å²) in [5.41, 5.74) is 0.350. The van der Waals surface area contributed by atoms with Crippen LogP contribution in [0.5, 0.6) is 0 Å². The Balaban J connectivity index is 2.15. The summed E-state index contributed by atoms with van der Waals surface area (Å²) in [7, 11) is 0. The van der Waals surface area contributed by atoms with Gasteiger partial charge in [0.15, 0.2) is 0 Å². The minimum atomic E-state index is -1.24. The largest absolute Gasteiger partial charge is 0.478 e. The first-order valence-corrected chi connectivity index (χ1v) is 5.17. The first-order valence-electron chi connectivity index (χ1n) is 5.17. The van der Waals surface area contributed by atoms with Crippen LogP contribution in [0.4, 0.5) is 10.1 Å². The van der Waals surface area contributed by atoms with Crippen LogP contribution < -0.4 is 10.6 Å². The standard InChI is InChI=1S/C11H13FN2O2/c12-10-2-1-7(5-9(10)11(15)16)14-8-3-4-13-6-8/h1-2,5,8,13-14H,3-4,6H2,(H,15,16). The SMILES string of the molecule is O=C(O)c1cc(NC2CCNC2)ccc1F. The minimum Gasteiger partial charge on any atom is -0.478 e. The van der Waals surface area contributed by atoms with Crippen LogP contribution in [0.25, 0.3) is 0 Å². The first kappa shape index (κ1) is 10.9. The maximum atomic E-state index is 13.1. The number of anilines is 1. The van der Waals surface area contributed by atoms with Crippen molar-refractivity contribution in [3.8, 4) is 0 Å². The number of nitrogens with one attached hydrogen (secondary N) is 2. The van der Waals surface area contributed by atoms with E-state index in [2.05, 4.69) is 10.6 Å². The van der Waals surface area contributed by atoms with Crippen molar-refractivity contribution in [2.75, 3.05) is 18.4 Å². The molecule has 0 saturated carbocycles. The number of hydrogen-bond donors (Lipinski definition) is 3. The third-order valence-corrected chi connectivity index (χ3v) is 2.63. The highest BCUT2D eigenvalue weighted by molar-refractivity contribution is 5.89. The van der Waals surface area contributed by atoms with Crippen LogP contribution in [0.15, 0.2) is 18.2 Å². The Morgan fingerprint density at radius 2 is 2.38 bits per heavy atom. The van der Waals surface area contributed by atoms with Crippen LogP contribution in [0, 0.1) is 5.82 Å². The normalized spacial score (nSPS) is 19.7. The lowest BCUT2D eigenvalue weighted by molar-refractivity contribution is 0.0692. The summed E-state index contributed by atoms with van der Waals surface area (Å²) in [6, 6.07) is 4.34. The maximum Gasteiger partial charge on any atom is 0.338 e. The highest BCUT2D eigenvalue weighted by Crippen LogP contribution is 2.17. The molecule has 1 aromatic carbocycles. The second-order valence-corrected chi connectivity index (χ2v) is 3.83. The molecular formula is C11H13FN2O2. The van der Waals surface area contributed by atoms with E-state index in [4.69, 9.17) is 5.11 Å². The van der Waals surface area contributed by atoms with Gasteiger partial charge in [-0.3, -0.25) is 0 Å². The highest BCUT2D eigenvalue weighted by Gasteiger charge is 2.16. The Morgan fingerprint density at radius 1 is 1.56 bits per heavy atom. The molecule has 1 aliphatic heterocycles. The van der Waals surface area contributed by atoms with E-state index in [0.29, 0.717) is 5.69 Å². The highest BCUT2D eigenvalue weighted by atomic mass is 19.1. The molecule has 0 radical (unpaired) electrons. The molecule has 3 N–H and O–H groups in total. The quantitative estimate of drug-likeness (QED) is 0.724. The molecule has 4 nitrogen and oxygen atoms in total. The molecule has 0 bridgehead atoms. The number of carbonyl (C=O) groups is 1. The van der Waals surface area contributed by atoms with E-state index in [1.54, 1.807) is 6.07 Å². The van der Waals surface area contributed by atoms with E-state index in [-0.39, 0.29) is 11.6 Å². The van der Waals surface area contributed by atoms with Crippen molar-refractivity contribution >= 4 is 11.7 Å². The molecule has 16 heavy (non-hydrogen) atoms. The number of rotatable bonds is 3. The van der Waals surface area contributed by atoms with E-state index < -0.39 is 11.8 Å². The predicted molar refractivity (Wildman–Crippen MR) is 58.3 cm³/mol. The van der Waals surface area contributed by atoms with Crippen LogP contribution >= 0.6 is 0 Å². The third kappa shape index (κ3) is 2.30. The Kier molecular flexibility index (Phi) is 3.05. The van der Waals surface area contributed by atoms with Gasteiger partial charge >= 0.3 is 5.97 Å². The first-order chi connectivity index (χ1) is 7.66. The van der Waals surface area contributed by atoms with Crippen molar-refractivity contribution in [2.24, 2.45) is 0 Å². The molecule has 1 aliphatic rings. The molecule has 1 aromatic rings. The van der Waals surface area contributed by atoms with Gasteiger partial charge in [-0.05, 0) is 31.2 Å². The van der Waals surface area contributed by atoms with Crippen molar-refractivity contribution in [1.82, 2.24) is 5.32 Å². The molecule has 0 spiro atoms. The van der Waals surface area contributed by atoms with Gasteiger partial charge in [-0.1, -0.05) is 0 Å². The Bertz CT molecular complexity index is 403. The number of hydrogen-bond acceptors (Lipinski definition) is 3. The number of benzene rings is 1. The smallest absolute Gasteiger partial charge is 0.338 e. The van der Waals surface area contributed by atoms with Crippen LogP contribution in [-0.4, -0.2) is 30.2 Å². The molecule has 1 saturated heterocycles. The Hall–Kier alpha value is -1.62. The number of halogens is 1. The van der Waals surface area contributed by atoms with Crippen LogP contribution in [0.3, 0.4) is 0 Å². The molecule has 0 aromatic heterocycles. The van der Waals surface area contributed by atoms with Gasteiger partial charge in [-0.2, -0.15) is 0 Å². The fraction of sp³-hybridized carbons (Fsp3) is 0.364. The van der Waals surface area contributed by atoms with Crippen molar-refractivity contribution < 1.29 is 14.3 Å².